The zero-order chi connectivity index (χ0) is 21.7. The largest absolute Gasteiger partial charge is 0.335 e. The van der Waals surface area contributed by atoms with Crippen LogP contribution in [0.2, 0.25) is 0 Å². The summed E-state index contributed by atoms with van der Waals surface area (Å²) in [6, 6.07) is 12.6. The molecule has 1 aromatic heterocycles. The molecule has 3 rings (SSSR count). The van der Waals surface area contributed by atoms with E-state index in [4.69, 9.17) is 5.84 Å². The number of rotatable bonds is 6. The summed E-state index contributed by atoms with van der Waals surface area (Å²) in [6.45, 7) is 1.97. The van der Waals surface area contributed by atoms with Gasteiger partial charge in [-0.2, -0.15) is 0 Å². The number of hydrogen-bond donors (Lipinski definition) is 3. The van der Waals surface area contributed by atoms with Gasteiger partial charge in [0, 0.05) is 23.3 Å². The predicted molar refractivity (Wildman–Crippen MR) is 110 cm³/mol. The summed E-state index contributed by atoms with van der Waals surface area (Å²) in [5.74, 6) is 5.31. The second-order valence-corrected chi connectivity index (χ2v) is 7.08. The van der Waals surface area contributed by atoms with Crippen LogP contribution in [0, 0.1) is 17.0 Å². The Hall–Kier alpha value is -3.93. The number of nitrogens with two attached hydrogens (primary N) is 1. The summed E-state index contributed by atoms with van der Waals surface area (Å²) in [6.07, 6.45) is 0. The molecule has 0 aliphatic rings. The Balaban J connectivity index is 1.52. The molecule has 0 fully saturated rings. The number of thioether (sulfide) groups is 1. The molecule has 12 heteroatoms. The van der Waals surface area contributed by atoms with Crippen molar-refractivity contribution in [1.82, 2.24) is 25.7 Å². The quantitative estimate of drug-likeness (QED) is 0.231. The minimum Gasteiger partial charge on any atom is -0.335 e. The molecule has 3 aromatic rings. The zero-order valence-electron chi connectivity index (χ0n) is 15.7. The van der Waals surface area contributed by atoms with E-state index < -0.39 is 16.7 Å². The van der Waals surface area contributed by atoms with Gasteiger partial charge in [0.15, 0.2) is 5.82 Å². The van der Waals surface area contributed by atoms with Gasteiger partial charge in [-0.25, -0.2) is 4.68 Å². The fourth-order valence-corrected chi connectivity index (χ4v) is 3.03. The fraction of sp³-hybridized carbons (Fsp3) is 0.111. The average Bonchev–Trinajstić information content (AvgIpc) is 3.11. The molecule has 0 radical (unpaired) electrons. The molecule has 0 bridgehead atoms. The molecule has 0 saturated carbocycles. The molecule has 0 aliphatic heterocycles. The van der Waals surface area contributed by atoms with Crippen LogP contribution in [0.15, 0.2) is 53.7 Å². The van der Waals surface area contributed by atoms with Crippen molar-refractivity contribution in [2.75, 3.05) is 11.6 Å². The maximum Gasteiger partial charge on any atom is 0.269 e. The van der Waals surface area contributed by atoms with Crippen LogP contribution in [0.5, 0.6) is 0 Å². The van der Waals surface area contributed by atoms with E-state index in [9.17, 15) is 19.7 Å². The highest BCUT2D eigenvalue weighted by atomic mass is 32.2. The van der Waals surface area contributed by atoms with Gasteiger partial charge >= 0.3 is 0 Å². The summed E-state index contributed by atoms with van der Waals surface area (Å²) < 4.78 is 1.29. The smallest absolute Gasteiger partial charge is 0.269 e. The number of hydrazine groups is 1. The van der Waals surface area contributed by atoms with Gasteiger partial charge in [-0.15, -0.1) is 10.2 Å². The number of non-ortho nitro benzene ring substituents is 1. The van der Waals surface area contributed by atoms with E-state index in [2.05, 4.69) is 21.0 Å². The minimum absolute atomic E-state index is 0.0657. The second-order valence-electron chi connectivity index (χ2n) is 6.14. The number of nitro benzene ring substituents is 1. The molecular weight excluding hydrogens is 410 g/mol. The van der Waals surface area contributed by atoms with Crippen molar-refractivity contribution in [1.29, 1.82) is 0 Å². The van der Waals surface area contributed by atoms with Crippen LogP contribution in [0.1, 0.15) is 15.9 Å². The van der Waals surface area contributed by atoms with Gasteiger partial charge in [0.25, 0.3) is 11.6 Å². The molecule has 2 amide bonds. The highest BCUT2D eigenvalue weighted by molar-refractivity contribution is 7.99. The first kappa shape index (κ1) is 20.8. The van der Waals surface area contributed by atoms with Gasteiger partial charge in [0.2, 0.25) is 11.1 Å². The number of nitrogens with zero attached hydrogens (tertiary/aromatic N) is 4. The molecule has 30 heavy (non-hydrogen) atoms. The van der Waals surface area contributed by atoms with Gasteiger partial charge < -0.3 is 5.84 Å². The highest BCUT2D eigenvalue weighted by Gasteiger charge is 2.15. The lowest BCUT2D eigenvalue weighted by molar-refractivity contribution is -0.384. The lowest BCUT2D eigenvalue weighted by atomic mass is 10.1. The van der Waals surface area contributed by atoms with E-state index in [0.29, 0.717) is 11.0 Å². The van der Waals surface area contributed by atoms with Crippen LogP contribution < -0.4 is 16.7 Å². The molecule has 0 spiro atoms. The van der Waals surface area contributed by atoms with E-state index >= 15 is 0 Å². The summed E-state index contributed by atoms with van der Waals surface area (Å²) in [5, 5.41) is 19.0. The van der Waals surface area contributed by atoms with Crippen LogP contribution in [0.3, 0.4) is 0 Å². The molecule has 0 atom stereocenters. The first-order valence-corrected chi connectivity index (χ1v) is 9.57. The summed E-state index contributed by atoms with van der Waals surface area (Å²) in [7, 11) is 0. The molecule has 4 N–H and O–H groups in total. The number of nitrogens with one attached hydrogen (secondary N) is 2. The molecule has 1 heterocycles. The van der Waals surface area contributed by atoms with Crippen molar-refractivity contribution >= 4 is 29.3 Å². The van der Waals surface area contributed by atoms with E-state index in [1.54, 1.807) is 0 Å². The standard InChI is InChI=1S/C18H17N7O4S/c1-11-2-4-12(5-3-11)16-21-23-18(24(16)19)30-10-15(26)20-22-17(27)13-6-8-14(9-7-13)25(28)29/h2-9H,10,19H2,1H3,(H,20,26)(H,22,27). The normalized spacial score (nSPS) is 10.4. The first-order valence-electron chi connectivity index (χ1n) is 8.59. The lowest BCUT2D eigenvalue weighted by Crippen LogP contribution is -2.42. The first-order chi connectivity index (χ1) is 14.3. The number of nitro groups is 1. The second kappa shape index (κ2) is 9.05. The number of benzene rings is 2. The van der Waals surface area contributed by atoms with E-state index in [-0.39, 0.29) is 17.0 Å². The summed E-state index contributed by atoms with van der Waals surface area (Å²) >= 11 is 1.05. The predicted octanol–water partition coefficient (Wildman–Crippen LogP) is 1.43. The third-order valence-corrected chi connectivity index (χ3v) is 4.91. The Morgan fingerprint density at radius 3 is 2.40 bits per heavy atom. The Kier molecular flexibility index (Phi) is 6.27. The van der Waals surface area contributed by atoms with E-state index in [0.717, 1.165) is 22.9 Å². The average molecular weight is 427 g/mol. The molecular formula is C18H17N7O4S. The Morgan fingerprint density at radius 2 is 1.77 bits per heavy atom. The van der Waals surface area contributed by atoms with Gasteiger partial charge in [-0.1, -0.05) is 41.6 Å². The number of hydrogen-bond acceptors (Lipinski definition) is 8. The summed E-state index contributed by atoms with van der Waals surface area (Å²) in [5.41, 5.74) is 6.42. The molecule has 0 aliphatic carbocycles. The molecule has 154 valence electrons. The maximum atomic E-state index is 12.0. The zero-order valence-corrected chi connectivity index (χ0v) is 16.5. The van der Waals surface area contributed by atoms with Gasteiger partial charge in [-0.3, -0.25) is 30.6 Å². The summed E-state index contributed by atoms with van der Waals surface area (Å²) in [4.78, 5) is 34.0. The maximum absolute atomic E-state index is 12.0. The Labute approximate surface area is 174 Å². The van der Waals surface area contributed by atoms with Crippen molar-refractivity contribution in [3.63, 3.8) is 0 Å². The molecule has 0 unspecified atom stereocenters. The van der Waals surface area contributed by atoms with Gasteiger partial charge in [0.1, 0.15) is 0 Å². The topological polar surface area (TPSA) is 158 Å². The Bertz CT molecular complexity index is 1080. The van der Waals surface area contributed by atoms with Crippen LogP contribution in [0.4, 0.5) is 5.69 Å². The number of aromatic nitrogens is 3. The number of carbonyl (C=O) groups excluding carboxylic acids is 2. The van der Waals surface area contributed by atoms with Gasteiger partial charge in [0.05, 0.1) is 10.7 Å². The van der Waals surface area contributed by atoms with Crippen molar-refractivity contribution in [2.24, 2.45) is 0 Å². The van der Waals surface area contributed by atoms with Crippen LogP contribution in [-0.2, 0) is 4.79 Å². The number of aryl methyl sites for hydroxylation is 1. The number of amides is 2. The third-order valence-electron chi connectivity index (χ3n) is 3.96. The fourth-order valence-electron chi connectivity index (χ4n) is 2.37. The van der Waals surface area contributed by atoms with Crippen LogP contribution in [-0.4, -0.2) is 37.4 Å². The number of nitrogen functional groups attached to an aromatic ring is 1. The van der Waals surface area contributed by atoms with E-state index in [1.165, 1.54) is 28.9 Å². The molecule has 2 aromatic carbocycles. The minimum atomic E-state index is -0.605. The van der Waals surface area contributed by atoms with Crippen LogP contribution in [0.25, 0.3) is 11.4 Å². The van der Waals surface area contributed by atoms with Crippen molar-refractivity contribution in [3.05, 3.63) is 69.8 Å². The third kappa shape index (κ3) is 4.91. The van der Waals surface area contributed by atoms with Crippen molar-refractivity contribution in [3.8, 4) is 11.4 Å². The monoisotopic (exact) mass is 427 g/mol. The Morgan fingerprint density at radius 1 is 1.10 bits per heavy atom. The highest BCUT2D eigenvalue weighted by Crippen LogP contribution is 2.21. The van der Waals surface area contributed by atoms with Crippen LogP contribution >= 0.6 is 11.8 Å². The number of carbonyl (C=O) groups is 2. The molecule has 11 nitrogen and oxygen atoms in total. The van der Waals surface area contributed by atoms with Crippen molar-refractivity contribution in [2.45, 2.75) is 12.1 Å². The van der Waals surface area contributed by atoms with E-state index in [1.807, 2.05) is 31.2 Å². The van der Waals surface area contributed by atoms with Gasteiger partial charge in [-0.05, 0) is 19.1 Å². The SMILES string of the molecule is Cc1ccc(-c2nnc(SCC(=O)NNC(=O)c3ccc([N+](=O)[O-])cc3)n2N)cc1. The van der Waals surface area contributed by atoms with Crippen molar-refractivity contribution < 1.29 is 14.5 Å². The molecule has 0 saturated heterocycles. The lowest BCUT2D eigenvalue weighted by Gasteiger charge is -2.07.